The number of carbonyl (C=O) groups is 2. The van der Waals surface area contributed by atoms with Crippen LogP contribution in [0.2, 0.25) is 0 Å². The van der Waals surface area contributed by atoms with Crippen LogP contribution >= 0.6 is 0 Å². The van der Waals surface area contributed by atoms with Crippen molar-refractivity contribution in [1.82, 2.24) is 0 Å². The molecule has 0 bridgehead atoms. The van der Waals surface area contributed by atoms with Crippen LogP contribution in [0.5, 0.6) is 5.75 Å². The van der Waals surface area contributed by atoms with Gasteiger partial charge in [0.15, 0.2) is 0 Å². The second-order valence-electron chi connectivity index (χ2n) is 9.36. The van der Waals surface area contributed by atoms with E-state index >= 15 is 0 Å². The molecule has 3 aromatic rings. The van der Waals surface area contributed by atoms with Gasteiger partial charge in [0.05, 0.1) is 18.2 Å². The maximum Gasteiger partial charge on any atom is 0.300 e. The summed E-state index contributed by atoms with van der Waals surface area (Å²) in [6.45, 7) is 6.64. The summed E-state index contributed by atoms with van der Waals surface area (Å²) in [5, 5.41) is 11.3. The lowest BCUT2D eigenvalue weighted by Gasteiger charge is -2.26. The van der Waals surface area contributed by atoms with Gasteiger partial charge in [-0.05, 0) is 72.5 Å². The molecule has 1 aliphatic rings. The second-order valence-corrected chi connectivity index (χ2v) is 9.36. The SMILES string of the molecule is CCOc1ccc(/C(O)=C2\C(=O)C(=O)N(c3ccc(N(C)C)cc3)C2c2ccc(C(C)C)cc2)cc1. The van der Waals surface area contributed by atoms with E-state index in [2.05, 4.69) is 13.8 Å². The van der Waals surface area contributed by atoms with Crippen LogP contribution in [-0.4, -0.2) is 37.5 Å². The van der Waals surface area contributed by atoms with Crippen LogP contribution in [0.15, 0.2) is 78.4 Å². The quantitative estimate of drug-likeness (QED) is 0.257. The van der Waals surface area contributed by atoms with Crippen molar-refractivity contribution in [2.45, 2.75) is 32.7 Å². The number of aliphatic hydroxyl groups excluding tert-OH is 1. The van der Waals surface area contributed by atoms with Gasteiger partial charge in [-0.25, -0.2) is 0 Å². The van der Waals surface area contributed by atoms with Gasteiger partial charge in [0, 0.05) is 31.0 Å². The van der Waals surface area contributed by atoms with Gasteiger partial charge >= 0.3 is 0 Å². The van der Waals surface area contributed by atoms with Crippen LogP contribution < -0.4 is 14.5 Å². The number of rotatable bonds is 7. The Bertz CT molecular complexity index is 1270. The zero-order valence-electron chi connectivity index (χ0n) is 21.4. The topological polar surface area (TPSA) is 70.1 Å². The summed E-state index contributed by atoms with van der Waals surface area (Å²) in [7, 11) is 3.88. The number of amides is 1. The largest absolute Gasteiger partial charge is 0.507 e. The van der Waals surface area contributed by atoms with Gasteiger partial charge < -0.3 is 14.7 Å². The van der Waals surface area contributed by atoms with Crippen molar-refractivity contribution in [2.24, 2.45) is 0 Å². The molecule has 3 aromatic carbocycles. The molecule has 6 nitrogen and oxygen atoms in total. The number of nitrogens with zero attached hydrogens (tertiary/aromatic N) is 2. The van der Waals surface area contributed by atoms with E-state index in [0.29, 0.717) is 29.5 Å². The van der Waals surface area contributed by atoms with Crippen LogP contribution in [0.25, 0.3) is 5.76 Å². The van der Waals surface area contributed by atoms with Crippen LogP contribution in [0.3, 0.4) is 0 Å². The molecule has 1 atom stereocenters. The molecule has 0 spiro atoms. The van der Waals surface area contributed by atoms with E-state index in [0.717, 1.165) is 16.8 Å². The first-order valence-electron chi connectivity index (χ1n) is 12.1. The molecule has 1 N–H and O–H groups in total. The Hall–Kier alpha value is -4.06. The number of ketones is 1. The van der Waals surface area contributed by atoms with E-state index in [4.69, 9.17) is 4.74 Å². The molecular weight excluding hydrogens is 452 g/mol. The number of hydrogen-bond donors (Lipinski definition) is 1. The number of benzene rings is 3. The van der Waals surface area contributed by atoms with Crippen LogP contribution in [0, 0.1) is 0 Å². The molecule has 1 unspecified atom stereocenters. The Morgan fingerprint density at radius 1 is 0.944 bits per heavy atom. The average molecular weight is 485 g/mol. The fourth-order valence-corrected chi connectivity index (χ4v) is 4.42. The summed E-state index contributed by atoms with van der Waals surface area (Å²) in [6, 6.07) is 21.4. The lowest BCUT2D eigenvalue weighted by atomic mass is 9.93. The lowest BCUT2D eigenvalue weighted by molar-refractivity contribution is -0.132. The van der Waals surface area contributed by atoms with Crippen molar-refractivity contribution in [3.8, 4) is 5.75 Å². The molecule has 1 aliphatic heterocycles. The summed E-state index contributed by atoms with van der Waals surface area (Å²) in [4.78, 5) is 30.2. The molecule has 0 aliphatic carbocycles. The van der Waals surface area contributed by atoms with Gasteiger partial charge in [0.2, 0.25) is 0 Å². The summed E-state index contributed by atoms with van der Waals surface area (Å²) >= 11 is 0. The molecular formula is C30H32N2O4. The van der Waals surface area contributed by atoms with Crippen molar-refractivity contribution < 1.29 is 19.4 Å². The smallest absolute Gasteiger partial charge is 0.300 e. The summed E-state index contributed by atoms with van der Waals surface area (Å²) in [5.74, 6) is -0.583. The van der Waals surface area contributed by atoms with Gasteiger partial charge in [-0.15, -0.1) is 0 Å². The number of anilines is 2. The maximum absolute atomic E-state index is 13.4. The van der Waals surface area contributed by atoms with Crippen molar-refractivity contribution in [1.29, 1.82) is 0 Å². The van der Waals surface area contributed by atoms with Gasteiger partial charge in [0.25, 0.3) is 11.7 Å². The monoisotopic (exact) mass is 484 g/mol. The molecule has 1 fully saturated rings. The first kappa shape index (κ1) is 25.0. The van der Waals surface area contributed by atoms with Gasteiger partial charge in [-0.3, -0.25) is 14.5 Å². The lowest BCUT2D eigenvalue weighted by Crippen LogP contribution is -2.29. The molecule has 0 radical (unpaired) electrons. The summed E-state index contributed by atoms with van der Waals surface area (Å²) in [6.07, 6.45) is 0. The zero-order valence-corrected chi connectivity index (χ0v) is 21.4. The van der Waals surface area contributed by atoms with Crippen LogP contribution in [-0.2, 0) is 9.59 Å². The fraction of sp³-hybridized carbons (Fsp3) is 0.267. The van der Waals surface area contributed by atoms with Gasteiger partial charge in [-0.1, -0.05) is 38.1 Å². The summed E-state index contributed by atoms with van der Waals surface area (Å²) in [5.41, 5.74) is 3.98. The normalized spacial score (nSPS) is 17.1. The van der Waals surface area contributed by atoms with E-state index < -0.39 is 17.7 Å². The molecule has 1 amide bonds. The first-order chi connectivity index (χ1) is 17.2. The minimum atomic E-state index is -0.761. The van der Waals surface area contributed by atoms with Crippen molar-refractivity contribution in [3.05, 3.63) is 95.1 Å². The molecule has 1 saturated heterocycles. The highest BCUT2D eigenvalue weighted by molar-refractivity contribution is 6.51. The molecule has 186 valence electrons. The van der Waals surface area contributed by atoms with E-state index in [1.54, 1.807) is 24.3 Å². The highest BCUT2D eigenvalue weighted by Gasteiger charge is 2.47. The first-order valence-corrected chi connectivity index (χ1v) is 12.1. The Morgan fingerprint density at radius 3 is 2.08 bits per heavy atom. The average Bonchev–Trinajstić information content (AvgIpc) is 3.14. The Morgan fingerprint density at radius 2 is 1.56 bits per heavy atom. The number of carbonyl (C=O) groups excluding carboxylic acids is 2. The highest BCUT2D eigenvalue weighted by atomic mass is 16.5. The van der Waals surface area contributed by atoms with E-state index in [1.165, 1.54) is 4.90 Å². The van der Waals surface area contributed by atoms with Crippen molar-refractivity contribution >= 4 is 28.8 Å². The van der Waals surface area contributed by atoms with Crippen LogP contribution in [0.1, 0.15) is 49.4 Å². The van der Waals surface area contributed by atoms with Gasteiger partial charge in [0.1, 0.15) is 11.5 Å². The predicted octanol–water partition coefficient (Wildman–Crippen LogP) is 5.90. The van der Waals surface area contributed by atoms with Crippen LogP contribution in [0.4, 0.5) is 11.4 Å². The predicted molar refractivity (Wildman–Crippen MR) is 144 cm³/mol. The molecule has 0 aromatic heterocycles. The number of aliphatic hydroxyl groups is 1. The Kier molecular flexibility index (Phi) is 7.15. The fourth-order valence-electron chi connectivity index (χ4n) is 4.42. The minimum Gasteiger partial charge on any atom is -0.507 e. The van der Waals surface area contributed by atoms with E-state index in [1.807, 2.05) is 74.4 Å². The molecule has 6 heteroatoms. The zero-order chi connectivity index (χ0) is 26.0. The van der Waals surface area contributed by atoms with E-state index in [-0.39, 0.29) is 11.3 Å². The third kappa shape index (κ3) is 4.71. The number of Topliss-reactive ketones (excluding diaryl/α,β-unsaturated/α-hetero) is 1. The van der Waals surface area contributed by atoms with Crippen molar-refractivity contribution in [2.75, 3.05) is 30.5 Å². The van der Waals surface area contributed by atoms with Gasteiger partial charge in [-0.2, -0.15) is 0 Å². The second kappa shape index (κ2) is 10.3. The summed E-state index contributed by atoms with van der Waals surface area (Å²) < 4.78 is 5.50. The molecule has 36 heavy (non-hydrogen) atoms. The molecule has 1 heterocycles. The molecule has 0 saturated carbocycles. The van der Waals surface area contributed by atoms with E-state index in [9.17, 15) is 14.7 Å². The third-order valence-electron chi connectivity index (χ3n) is 6.45. The minimum absolute atomic E-state index is 0.0677. The Balaban J connectivity index is 1.86. The number of ether oxygens (including phenoxy) is 1. The van der Waals surface area contributed by atoms with Crippen molar-refractivity contribution in [3.63, 3.8) is 0 Å². The molecule has 4 rings (SSSR count). The standard InChI is InChI=1S/C30H32N2O4/c1-6-36-25-17-11-22(12-18-25)28(33)26-27(21-9-7-20(8-10-21)19(2)3)32(30(35)29(26)34)24-15-13-23(14-16-24)31(4)5/h7-19,27,33H,6H2,1-5H3/b28-26+. The highest BCUT2D eigenvalue weighted by Crippen LogP contribution is 2.42. The third-order valence-corrected chi connectivity index (χ3v) is 6.45. The maximum atomic E-state index is 13.4. The Labute approximate surface area is 212 Å². The number of hydrogen-bond acceptors (Lipinski definition) is 5.